The Morgan fingerprint density at radius 1 is 1.04 bits per heavy atom. The lowest BCUT2D eigenvalue weighted by molar-refractivity contribution is 0.0659. The highest BCUT2D eigenvalue weighted by atomic mass is 35.5. The van der Waals surface area contributed by atoms with Gasteiger partial charge in [-0.05, 0) is 18.9 Å². The number of hydrogen-bond donors (Lipinski definition) is 2. The first-order valence-corrected chi connectivity index (χ1v) is 9.26. The molecular formula is C20H18ClNO6. The van der Waals surface area contributed by atoms with Crippen LogP contribution in [0.1, 0.15) is 58.9 Å². The molecule has 0 aliphatic heterocycles. The average molecular weight is 404 g/mol. The van der Waals surface area contributed by atoms with E-state index >= 15 is 0 Å². The van der Waals surface area contributed by atoms with Crippen molar-refractivity contribution in [2.45, 2.75) is 39.5 Å². The van der Waals surface area contributed by atoms with Crippen molar-refractivity contribution in [3.63, 3.8) is 0 Å². The summed E-state index contributed by atoms with van der Waals surface area (Å²) in [5.74, 6) is -3.05. The maximum absolute atomic E-state index is 12.5. The van der Waals surface area contributed by atoms with Crippen LogP contribution in [0.5, 0.6) is 0 Å². The van der Waals surface area contributed by atoms with E-state index in [-0.39, 0.29) is 21.7 Å². The molecule has 8 heteroatoms. The molecule has 0 fully saturated rings. The molecule has 2 heterocycles. The van der Waals surface area contributed by atoms with E-state index in [9.17, 15) is 24.6 Å². The standard InChI is InChI=1S/C20H18ClNO6/c1-3-5-9-15(21)12-7-11-13(23)8-14(19(24)25)28-18(11)10(6-4-2)16(12)22-17(9)20(26)27/h7-8H,3-6H2,1-2H3,(H,24,25)(H,26,27). The van der Waals surface area contributed by atoms with Crippen LogP contribution < -0.4 is 5.43 Å². The zero-order valence-corrected chi connectivity index (χ0v) is 16.1. The molecule has 0 atom stereocenters. The van der Waals surface area contributed by atoms with Crippen molar-refractivity contribution in [2.75, 3.05) is 0 Å². The number of carboxylic acids is 2. The number of hydrogen-bond acceptors (Lipinski definition) is 5. The van der Waals surface area contributed by atoms with Gasteiger partial charge in [0, 0.05) is 22.6 Å². The molecule has 3 aromatic rings. The molecule has 146 valence electrons. The first-order chi connectivity index (χ1) is 13.3. The zero-order valence-electron chi connectivity index (χ0n) is 15.3. The summed E-state index contributed by atoms with van der Waals surface area (Å²) in [7, 11) is 0. The Balaban J connectivity index is 2.56. The number of carbonyl (C=O) groups is 2. The van der Waals surface area contributed by atoms with Crippen molar-refractivity contribution >= 4 is 45.4 Å². The summed E-state index contributed by atoms with van der Waals surface area (Å²) in [6.07, 6.45) is 2.16. The highest BCUT2D eigenvalue weighted by Crippen LogP contribution is 2.35. The number of nitrogens with zero attached hydrogens (tertiary/aromatic N) is 1. The quantitative estimate of drug-likeness (QED) is 0.589. The summed E-state index contributed by atoms with van der Waals surface area (Å²) in [6, 6.07) is 2.42. The molecule has 0 saturated carbocycles. The second-order valence-electron chi connectivity index (χ2n) is 6.47. The van der Waals surface area contributed by atoms with E-state index in [1.165, 1.54) is 6.07 Å². The van der Waals surface area contributed by atoms with Crippen molar-refractivity contribution < 1.29 is 24.2 Å². The van der Waals surface area contributed by atoms with Gasteiger partial charge in [0.15, 0.2) is 11.1 Å². The van der Waals surface area contributed by atoms with Crippen LogP contribution in [0.25, 0.3) is 21.9 Å². The van der Waals surface area contributed by atoms with Gasteiger partial charge in [0.25, 0.3) is 0 Å². The largest absolute Gasteiger partial charge is 0.477 e. The molecule has 0 bridgehead atoms. The lowest BCUT2D eigenvalue weighted by atomic mass is 9.98. The normalized spacial score (nSPS) is 11.2. The van der Waals surface area contributed by atoms with E-state index in [0.717, 1.165) is 6.07 Å². The van der Waals surface area contributed by atoms with Crippen molar-refractivity contribution in [1.29, 1.82) is 0 Å². The molecular weight excluding hydrogens is 386 g/mol. The minimum atomic E-state index is -1.36. The van der Waals surface area contributed by atoms with Gasteiger partial charge in [-0.3, -0.25) is 4.79 Å². The number of fused-ring (bicyclic) bond motifs is 2. The van der Waals surface area contributed by atoms with E-state index < -0.39 is 23.1 Å². The molecule has 0 radical (unpaired) electrons. The molecule has 28 heavy (non-hydrogen) atoms. The fraction of sp³-hybridized carbons (Fsp3) is 0.300. The van der Waals surface area contributed by atoms with E-state index in [4.69, 9.17) is 16.0 Å². The Bertz CT molecular complexity index is 1180. The third-order valence-corrected chi connectivity index (χ3v) is 4.94. The van der Waals surface area contributed by atoms with Crippen LogP contribution in [0, 0.1) is 0 Å². The molecule has 2 N–H and O–H groups in total. The van der Waals surface area contributed by atoms with Gasteiger partial charge in [0.1, 0.15) is 5.58 Å². The fourth-order valence-corrected chi connectivity index (χ4v) is 3.66. The molecule has 7 nitrogen and oxygen atoms in total. The number of carboxylic acid groups (broad SMARTS) is 2. The van der Waals surface area contributed by atoms with Gasteiger partial charge in [0.2, 0.25) is 5.76 Å². The number of benzene rings is 1. The SMILES string of the molecule is CCCc1c(C(=O)O)nc2c(CCC)c3oc(C(=O)O)cc(=O)c3cc2c1Cl. The van der Waals surface area contributed by atoms with Gasteiger partial charge < -0.3 is 14.6 Å². The Morgan fingerprint density at radius 2 is 1.68 bits per heavy atom. The number of aromatic carboxylic acids is 2. The van der Waals surface area contributed by atoms with Gasteiger partial charge in [-0.25, -0.2) is 14.6 Å². The predicted octanol–water partition coefficient (Wildman–Crippen LogP) is 4.30. The molecule has 0 amide bonds. The second-order valence-corrected chi connectivity index (χ2v) is 6.84. The zero-order chi connectivity index (χ0) is 20.6. The maximum Gasteiger partial charge on any atom is 0.371 e. The van der Waals surface area contributed by atoms with Crippen LogP contribution in [-0.4, -0.2) is 27.1 Å². The minimum Gasteiger partial charge on any atom is -0.477 e. The molecule has 2 aromatic heterocycles. The average Bonchev–Trinajstić information content (AvgIpc) is 2.64. The number of aryl methyl sites for hydroxylation is 1. The highest BCUT2D eigenvalue weighted by molar-refractivity contribution is 6.37. The second kappa shape index (κ2) is 7.59. The number of aromatic nitrogens is 1. The van der Waals surface area contributed by atoms with Crippen molar-refractivity contribution in [2.24, 2.45) is 0 Å². The van der Waals surface area contributed by atoms with Gasteiger partial charge in [-0.1, -0.05) is 38.3 Å². The summed E-state index contributed by atoms with van der Waals surface area (Å²) in [5.41, 5.74) is 0.644. The Kier molecular flexibility index (Phi) is 5.38. The topological polar surface area (TPSA) is 118 Å². The number of pyridine rings is 1. The molecule has 0 aliphatic carbocycles. The summed E-state index contributed by atoms with van der Waals surface area (Å²) in [5, 5.41) is 19.7. The van der Waals surface area contributed by atoms with Crippen LogP contribution in [0.4, 0.5) is 0 Å². The molecule has 3 rings (SSSR count). The van der Waals surface area contributed by atoms with Crippen molar-refractivity contribution in [3.8, 4) is 0 Å². The maximum atomic E-state index is 12.5. The van der Waals surface area contributed by atoms with Gasteiger partial charge in [-0.2, -0.15) is 0 Å². The lowest BCUT2D eigenvalue weighted by Crippen LogP contribution is -2.11. The summed E-state index contributed by atoms with van der Waals surface area (Å²) in [6.45, 7) is 3.80. The number of halogens is 1. The lowest BCUT2D eigenvalue weighted by Gasteiger charge is -2.14. The number of rotatable bonds is 6. The van der Waals surface area contributed by atoms with E-state index in [1.54, 1.807) is 0 Å². The molecule has 0 unspecified atom stereocenters. The first-order valence-electron chi connectivity index (χ1n) is 8.88. The van der Waals surface area contributed by atoms with E-state index in [2.05, 4.69) is 4.98 Å². The Morgan fingerprint density at radius 3 is 2.25 bits per heavy atom. The highest BCUT2D eigenvalue weighted by Gasteiger charge is 2.23. The predicted molar refractivity (Wildman–Crippen MR) is 105 cm³/mol. The van der Waals surface area contributed by atoms with Crippen molar-refractivity contribution in [3.05, 3.63) is 50.0 Å². The molecule has 0 aliphatic rings. The third-order valence-electron chi connectivity index (χ3n) is 4.51. The van der Waals surface area contributed by atoms with Crippen LogP contribution >= 0.6 is 11.6 Å². The van der Waals surface area contributed by atoms with Gasteiger partial charge in [0.05, 0.1) is 15.9 Å². The summed E-state index contributed by atoms with van der Waals surface area (Å²) < 4.78 is 5.48. The Labute approximate surface area is 164 Å². The first kappa shape index (κ1) is 19.8. The van der Waals surface area contributed by atoms with Crippen LogP contribution in [0.3, 0.4) is 0 Å². The van der Waals surface area contributed by atoms with Gasteiger partial charge in [-0.15, -0.1) is 0 Å². The van der Waals surface area contributed by atoms with Crippen LogP contribution in [-0.2, 0) is 12.8 Å². The van der Waals surface area contributed by atoms with Crippen LogP contribution in [0.15, 0.2) is 21.3 Å². The summed E-state index contributed by atoms with van der Waals surface area (Å²) in [4.78, 5) is 39.9. The molecule has 0 saturated heterocycles. The molecule has 0 spiro atoms. The van der Waals surface area contributed by atoms with Crippen LogP contribution in [0.2, 0.25) is 5.02 Å². The molecule has 1 aromatic carbocycles. The van der Waals surface area contributed by atoms with E-state index in [1.807, 2.05) is 13.8 Å². The minimum absolute atomic E-state index is 0.0994. The fourth-order valence-electron chi connectivity index (χ4n) is 3.33. The van der Waals surface area contributed by atoms with E-state index in [0.29, 0.717) is 47.7 Å². The summed E-state index contributed by atoms with van der Waals surface area (Å²) >= 11 is 6.55. The Hall–Kier alpha value is -2.93. The van der Waals surface area contributed by atoms with Crippen molar-refractivity contribution in [1.82, 2.24) is 4.98 Å². The smallest absolute Gasteiger partial charge is 0.371 e. The third kappa shape index (κ3) is 3.22. The monoisotopic (exact) mass is 403 g/mol. The van der Waals surface area contributed by atoms with Gasteiger partial charge >= 0.3 is 11.9 Å².